The summed E-state index contributed by atoms with van der Waals surface area (Å²) in [4.78, 5) is 31.8. The molecule has 1 aliphatic rings. The summed E-state index contributed by atoms with van der Waals surface area (Å²) in [7, 11) is 0. The van der Waals surface area contributed by atoms with Crippen LogP contribution in [0.1, 0.15) is 28.9 Å². The smallest absolute Gasteiger partial charge is 0.227 e. The molecule has 0 unspecified atom stereocenters. The Balaban J connectivity index is 1.45. The fourth-order valence-electron chi connectivity index (χ4n) is 3.55. The van der Waals surface area contributed by atoms with Crippen LogP contribution < -0.4 is 0 Å². The van der Waals surface area contributed by atoms with E-state index in [1.807, 2.05) is 30.9 Å². The first kappa shape index (κ1) is 19.1. The molecule has 1 N–H and O–H groups in total. The zero-order valence-corrected chi connectivity index (χ0v) is 15.9. The van der Waals surface area contributed by atoms with Gasteiger partial charge in [0.25, 0.3) is 0 Å². The van der Waals surface area contributed by atoms with E-state index < -0.39 is 0 Å². The molecule has 144 valence electrons. The van der Waals surface area contributed by atoms with Gasteiger partial charge >= 0.3 is 0 Å². The van der Waals surface area contributed by atoms with Crippen molar-refractivity contribution in [3.05, 3.63) is 58.7 Å². The highest BCUT2D eigenvalue weighted by Crippen LogP contribution is 2.13. The number of carbonyl (C=O) groups is 2. The Morgan fingerprint density at radius 2 is 1.70 bits per heavy atom. The van der Waals surface area contributed by atoms with Gasteiger partial charge in [0.15, 0.2) is 0 Å². The van der Waals surface area contributed by atoms with Crippen molar-refractivity contribution in [1.29, 1.82) is 0 Å². The lowest BCUT2D eigenvalue weighted by Crippen LogP contribution is -2.51. The number of amides is 2. The van der Waals surface area contributed by atoms with Crippen LogP contribution in [0.5, 0.6) is 0 Å². The molecule has 3 rings (SSSR count). The van der Waals surface area contributed by atoms with Crippen molar-refractivity contribution >= 4 is 11.8 Å². The summed E-state index contributed by atoms with van der Waals surface area (Å²) >= 11 is 0. The average Bonchev–Trinajstić information content (AvgIpc) is 2.97. The third-order valence-electron chi connectivity index (χ3n) is 5.10. The molecule has 6 heteroatoms. The number of hydrogen-bond donors (Lipinski definition) is 1. The number of piperazine rings is 1. The van der Waals surface area contributed by atoms with E-state index >= 15 is 0 Å². The van der Waals surface area contributed by atoms with Gasteiger partial charge in [-0.05, 0) is 49.6 Å². The van der Waals surface area contributed by atoms with Crippen molar-refractivity contribution in [2.24, 2.45) is 0 Å². The molecular weight excluding hydrogens is 345 g/mol. The SMILES string of the molecule is Cc1cc(CC(=O)N2CCN(C(=O)CCc3cccc(F)c3)CC2)c(C)[nH]1. The van der Waals surface area contributed by atoms with Crippen molar-refractivity contribution in [3.8, 4) is 0 Å². The largest absolute Gasteiger partial charge is 0.362 e. The summed E-state index contributed by atoms with van der Waals surface area (Å²) in [5, 5.41) is 0. The Hall–Kier alpha value is -2.63. The maximum absolute atomic E-state index is 13.2. The van der Waals surface area contributed by atoms with E-state index in [1.54, 1.807) is 11.0 Å². The van der Waals surface area contributed by atoms with Gasteiger partial charge in [0, 0.05) is 44.0 Å². The fraction of sp³-hybridized carbons (Fsp3) is 0.429. The molecule has 0 atom stereocenters. The topological polar surface area (TPSA) is 56.4 Å². The highest BCUT2D eigenvalue weighted by Gasteiger charge is 2.24. The Labute approximate surface area is 159 Å². The van der Waals surface area contributed by atoms with E-state index in [0.29, 0.717) is 45.4 Å². The number of H-pyrrole nitrogens is 1. The number of nitrogens with zero attached hydrogens (tertiary/aromatic N) is 2. The van der Waals surface area contributed by atoms with Crippen molar-refractivity contribution in [2.45, 2.75) is 33.1 Å². The molecule has 0 radical (unpaired) electrons. The average molecular weight is 371 g/mol. The van der Waals surface area contributed by atoms with Crippen LogP contribution >= 0.6 is 0 Å². The standard InChI is InChI=1S/C21H26FN3O2/c1-15-12-18(16(2)23-15)14-21(27)25-10-8-24(9-11-25)20(26)7-6-17-4-3-5-19(22)13-17/h3-5,12-13,23H,6-11,14H2,1-2H3. The Morgan fingerprint density at radius 3 is 2.30 bits per heavy atom. The van der Waals surface area contributed by atoms with Gasteiger partial charge in [-0.1, -0.05) is 12.1 Å². The lowest BCUT2D eigenvalue weighted by Gasteiger charge is -2.35. The Bertz CT molecular complexity index is 823. The zero-order chi connectivity index (χ0) is 19.4. The van der Waals surface area contributed by atoms with E-state index in [4.69, 9.17) is 0 Å². The van der Waals surface area contributed by atoms with Crippen LogP contribution in [0.3, 0.4) is 0 Å². The second kappa shape index (κ2) is 8.37. The quantitative estimate of drug-likeness (QED) is 0.878. The number of rotatable bonds is 5. The van der Waals surface area contributed by atoms with Crippen molar-refractivity contribution < 1.29 is 14.0 Å². The first-order valence-corrected chi connectivity index (χ1v) is 9.37. The number of carbonyl (C=O) groups excluding carboxylic acids is 2. The molecule has 0 bridgehead atoms. The van der Waals surface area contributed by atoms with Crippen LogP contribution in [-0.2, 0) is 22.4 Å². The van der Waals surface area contributed by atoms with Crippen LogP contribution in [0.25, 0.3) is 0 Å². The van der Waals surface area contributed by atoms with Gasteiger partial charge in [-0.2, -0.15) is 0 Å². The van der Waals surface area contributed by atoms with Crippen LogP contribution in [0.2, 0.25) is 0 Å². The van der Waals surface area contributed by atoms with E-state index in [-0.39, 0.29) is 17.6 Å². The Kier molecular flexibility index (Phi) is 5.94. The number of aryl methyl sites for hydroxylation is 3. The maximum atomic E-state index is 13.2. The van der Waals surface area contributed by atoms with Gasteiger partial charge in [0.05, 0.1) is 6.42 Å². The fourth-order valence-corrected chi connectivity index (χ4v) is 3.55. The molecule has 2 aromatic rings. The molecule has 1 aromatic carbocycles. The molecule has 5 nitrogen and oxygen atoms in total. The van der Waals surface area contributed by atoms with Crippen LogP contribution in [-0.4, -0.2) is 52.8 Å². The van der Waals surface area contributed by atoms with Crippen molar-refractivity contribution in [2.75, 3.05) is 26.2 Å². The molecule has 2 heterocycles. The molecular formula is C21H26FN3O2. The number of halogens is 1. The summed E-state index contributed by atoms with van der Waals surface area (Å²) in [6.07, 6.45) is 1.28. The number of aromatic nitrogens is 1. The maximum Gasteiger partial charge on any atom is 0.227 e. The number of benzene rings is 1. The van der Waals surface area contributed by atoms with Gasteiger partial charge in [-0.25, -0.2) is 4.39 Å². The molecule has 27 heavy (non-hydrogen) atoms. The van der Waals surface area contributed by atoms with Crippen LogP contribution in [0, 0.1) is 19.7 Å². The predicted octanol–water partition coefficient (Wildman–Crippen LogP) is 2.62. The number of aromatic amines is 1. The molecule has 0 aliphatic carbocycles. The number of nitrogens with one attached hydrogen (secondary N) is 1. The lowest BCUT2D eigenvalue weighted by atomic mass is 10.1. The third kappa shape index (κ3) is 4.96. The summed E-state index contributed by atoms with van der Waals surface area (Å²) in [6, 6.07) is 8.37. The third-order valence-corrected chi connectivity index (χ3v) is 5.10. The lowest BCUT2D eigenvalue weighted by molar-refractivity contribution is -0.139. The van der Waals surface area contributed by atoms with Gasteiger partial charge < -0.3 is 14.8 Å². The van der Waals surface area contributed by atoms with Gasteiger partial charge in [0.2, 0.25) is 11.8 Å². The van der Waals surface area contributed by atoms with Gasteiger partial charge in [0.1, 0.15) is 5.82 Å². The minimum Gasteiger partial charge on any atom is -0.362 e. The molecule has 1 aromatic heterocycles. The van der Waals surface area contributed by atoms with E-state index in [0.717, 1.165) is 22.5 Å². The van der Waals surface area contributed by atoms with Gasteiger partial charge in [-0.3, -0.25) is 9.59 Å². The van der Waals surface area contributed by atoms with E-state index in [2.05, 4.69) is 4.98 Å². The monoisotopic (exact) mass is 371 g/mol. The molecule has 1 fully saturated rings. The van der Waals surface area contributed by atoms with Gasteiger partial charge in [-0.15, -0.1) is 0 Å². The summed E-state index contributed by atoms with van der Waals surface area (Å²) < 4.78 is 13.2. The molecule has 1 saturated heterocycles. The number of hydrogen-bond acceptors (Lipinski definition) is 2. The second-order valence-corrected chi connectivity index (χ2v) is 7.17. The van der Waals surface area contributed by atoms with Crippen LogP contribution in [0.15, 0.2) is 30.3 Å². The second-order valence-electron chi connectivity index (χ2n) is 7.17. The minimum atomic E-state index is -0.278. The molecule has 2 amide bonds. The first-order chi connectivity index (χ1) is 12.9. The minimum absolute atomic E-state index is 0.0588. The van der Waals surface area contributed by atoms with E-state index in [1.165, 1.54) is 12.1 Å². The van der Waals surface area contributed by atoms with E-state index in [9.17, 15) is 14.0 Å². The Morgan fingerprint density at radius 1 is 1.04 bits per heavy atom. The van der Waals surface area contributed by atoms with Crippen molar-refractivity contribution in [1.82, 2.24) is 14.8 Å². The molecule has 0 saturated carbocycles. The summed E-state index contributed by atoms with van der Waals surface area (Å²) in [5.41, 5.74) is 3.96. The predicted molar refractivity (Wildman–Crippen MR) is 102 cm³/mol. The summed E-state index contributed by atoms with van der Waals surface area (Å²) in [6.45, 7) is 6.19. The first-order valence-electron chi connectivity index (χ1n) is 9.37. The zero-order valence-electron chi connectivity index (χ0n) is 15.9. The molecule has 0 spiro atoms. The highest BCUT2D eigenvalue weighted by atomic mass is 19.1. The molecule has 1 aliphatic heterocycles. The normalized spacial score (nSPS) is 14.5. The highest BCUT2D eigenvalue weighted by molar-refractivity contribution is 5.80. The van der Waals surface area contributed by atoms with Crippen molar-refractivity contribution in [3.63, 3.8) is 0 Å². The summed E-state index contributed by atoms with van der Waals surface area (Å²) in [5.74, 6) is -0.118. The van der Waals surface area contributed by atoms with Crippen LogP contribution in [0.4, 0.5) is 4.39 Å².